The summed E-state index contributed by atoms with van der Waals surface area (Å²) >= 11 is 0. The molecule has 2 atom stereocenters. The third kappa shape index (κ3) is 7.63. The second-order valence-corrected chi connectivity index (χ2v) is 10.1. The van der Waals surface area contributed by atoms with Gasteiger partial charge in [0.1, 0.15) is 5.78 Å². The Labute approximate surface area is 199 Å². The van der Waals surface area contributed by atoms with Gasteiger partial charge in [-0.05, 0) is 44.1 Å². The lowest BCUT2D eigenvalue weighted by Crippen LogP contribution is -2.66. The Balaban J connectivity index is 5.81. The van der Waals surface area contributed by atoms with Crippen LogP contribution in [0.2, 0.25) is 0 Å². The average molecular weight is 454 g/mol. The fourth-order valence-electron chi connectivity index (χ4n) is 5.27. The highest BCUT2D eigenvalue weighted by molar-refractivity contribution is 5.86. The number of likely N-dealkylation sites (N-methyl/N-ethyl adjacent to an activating group) is 1. The van der Waals surface area contributed by atoms with Crippen LogP contribution in [0.5, 0.6) is 0 Å². The molecule has 0 aliphatic carbocycles. The lowest BCUT2D eigenvalue weighted by atomic mass is 9.52. The van der Waals surface area contributed by atoms with Crippen molar-refractivity contribution in [1.29, 1.82) is 0 Å². The first-order chi connectivity index (χ1) is 15.1. The van der Waals surface area contributed by atoms with Crippen LogP contribution in [-0.4, -0.2) is 49.3 Å². The molecule has 0 saturated carbocycles. The maximum atomic E-state index is 13.4. The quantitative estimate of drug-likeness (QED) is 0.219. The van der Waals surface area contributed by atoms with E-state index < -0.39 is 5.41 Å². The molecule has 5 heteroatoms. The number of rotatable bonds is 20. The standard InChI is InChI=1S/C27H55N3O2/c1-10-16-18-24(32)26(9,12-3)25(7,8)27(13-4,14-5)30-22(17-11-2)23(31)21-29-20-19-28-15-6/h22,28-30H,10-21H2,1-9H3. The van der Waals surface area contributed by atoms with E-state index in [2.05, 4.69) is 78.3 Å². The number of hydrogen-bond acceptors (Lipinski definition) is 5. The van der Waals surface area contributed by atoms with Crippen molar-refractivity contribution in [2.45, 2.75) is 125 Å². The highest BCUT2D eigenvalue weighted by atomic mass is 16.1. The summed E-state index contributed by atoms with van der Waals surface area (Å²) in [5.41, 5.74) is -1.03. The van der Waals surface area contributed by atoms with Crippen LogP contribution >= 0.6 is 0 Å². The van der Waals surface area contributed by atoms with Crippen molar-refractivity contribution in [2.75, 3.05) is 26.2 Å². The van der Waals surface area contributed by atoms with E-state index in [4.69, 9.17) is 0 Å². The Hall–Kier alpha value is -0.780. The van der Waals surface area contributed by atoms with Gasteiger partial charge in [0.05, 0.1) is 12.6 Å². The summed E-state index contributed by atoms with van der Waals surface area (Å²) in [6.45, 7) is 22.5. The smallest absolute Gasteiger partial charge is 0.163 e. The third-order valence-corrected chi connectivity index (χ3v) is 8.31. The molecule has 0 aromatic carbocycles. The van der Waals surface area contributed by atoms with Crippen molar-refractivity contribution in [3.63, 3.8) is 0 Å². The summed E-state index contributed by atoms with van der Waals surface area (Å²) in [7, 11) is 0. The fourth-order valence-corrected chi connectivity index (χ4v) is 5.27. The van der Waals surface area contributed by atoms with Crippen molar-refractivity contribution in [3.8, 4) is 0 Å². The Bertz CT molecular complexity index is 543. The zero-order valence-electron chi connectivity index (χ0n) is 22.9. The monoisotopic (exact) mass is 453 g/mol. The number of Topliss-reactive ketones (excluding diaryl/α,β-unsaturated/α-hetero) is 2. The van der Waals surface area contributed by atoms with E-state index >= 15 is 0 Å². The van der Waals surface area contributed by atoms with Gasteiger partial charge in [-0.15, -0.1) is 0 Å². The van der Waals surface area contributed by atoms with E-state index in [9.17, 15) is 9.59 Å². The van der Waals surface area contributed by atoms with Crippen LogP contribution in [0.25, 0.3) is 0 Å². The van der Waals surface area contributed by atoms with Gasteiger partial charge in [0.15, 0.2) is 5.78 Å². The topological polar surface area (TPSA) is 70.2 Å². The van der Waals surface area contributed by atoms with E-state index in [0.29, 0.717) is 18.7 Å². The fraction of sp³-hybridized carbons (Fsp3) is 0.926. The molecule has 0 rings (SSSR count). The van der Waals surface area contributed by atoms with Gasteiger partial charge in [-0.3, -0.25) is 9.59 Å². The molecule has 0 heterocycles. The largest absolute Gasteiger partial charge is 0.316 e. The maximum absolute atomic E-state index is 13.4. The van der Waals surface area contributed by atoms with Crippen molar-refractivity contribution < 1.29 is 9.59 Å². The average Bonchev–Trinajstić information content (AvgIpc) is 2.78. The SMILES string of the molecule is CCCCC(=O)C(C)(CC)C(C)(C)C(CC)(CC)NC(CCC)C(=O)CNCCNCC. The summed E-state index contributed by atoms with van der Waals surface area (Å²) in [6, 6.07) is -0.197. The van der Waals surface area contributed by atoms with Crippen LogP contribution in [0.3, 0.4) is 0 Å². The normalized spacial score (nSPS) is 15.4. The minimum Gasteiger partial charge on any atom is -0.316 e. The molecule has 0 aliphatic heterocycles. The second kappa shape index (κ2) is 15.2. The van der Waals surface area contributed by atoms with Crippen molar-refractivity contribution in [3.05, 3.63) is 0 Å². The van der Waals surface area contributed by atoms with E-state index in [-0.39, 0.29) is 22.8 Å². The van der Waals surface area contributed by atoms with Gasteiger partial charge in [0, 0.05) is 30.5 Å². The van der Waals surface area contributed by atoms with Gasteiger partial charge in [-0.1, -0.05) is 75.2 Å². The summed E-state index contributed by atoms with van der Waals surface area (Å²) < 4.78 is 0. The van der Waals surface area contributed by atoms with E-state index in [1.807, 2.05) is 0 Å². The molecule has 3 N–H and O–H groups in total. The zero-order chi connectivity index (χ0) is 24.8. The van der Waals surface area contributed by atoms with Crippen molar-refractivity contribution in [2.24, 2.45) is 10.8 Å². The molecule has 0 amide bonds. The molecule has 32 heavy (non-hydrogen) atoms. The number of nitrogens with one attached hydrogen (secondary N) is 3. The Kier molecular flexibility index (Phi) is 14.8. The number of carbonyl (C=O) groups is 2. The summed E-state index contributed by atoms with van der Waals surface area (Å²) in [5.74, 6) is 0.587. The van der Waals surface area contributed by atoms with Crippen LogP contribution in [0, 0.1) is 10.8 Å². The molecule has 0 radical (unpaired) electrons. The summed E-state index contributed by atoms with van der Waals surface area (Å²) in [5, 5.41) is 10.4. The molecule has 0 aromatic heterocycles. The highest BCUT2D eigenvalue weighted by Crippen LogP contribution is 2.53. The molecule has 190 valence electrons. The molecule has 0 bridgehead atoms. The van der Waals surface area contributed by atoms with Gasteiger partial charge in [0.25, 0.3) is 0 Å². The first kappa shape index (κ1) is 31.2. The van der Waals surface area contributed by atoms with Gasteiger partial charge in [-0.25, -0.2) is 0 Å². The summed E-state index contributed by atoms with van der Waals surface area (Å²) in [6.07, 6.45) is 6.96. The van der Waals surface area contributed by atoms with Crippen LogP contribution in [0.15, 0.2) is 0 Å². The van der Waals surface area contributed by atoms with Crippen LogP contribution in [-0.2, 0) is 9.59 Å². The predicted molar refractivity (Wildman–Crippen MR) is 138 cm³/mol. The van der Waals surface area contributed by atoms with Gasteiger partial charge < -0.3 is 16.0 Å². The molecule has 0 spiro atoms. The first-order valence-electron chi connectivity index (χ1n) is 13.3. The lowest BCUT2D eigenvalue weighted by molar-refractivity contribution is -0.141. The third-order valence-electron chi connectivity index (χ3n) is 8.31. The molecule has 0 aromatic rings. The Morgan fingerprint density at radius 1 is 0.812 bits per heavy atom. The number of carbonyl (C=O) groups excluding carboxylic acids is 2. The van der Waals surface area contributed by atoms with Gasteiger partial charge >= 0.3 is 0 Å². The molecule has 5 nitrogen and oxygen atoms in total. The second-order valence-electron chi connectivity index (χ2n) is 10.1. The Morgan fingerprint density at radius 3 is 1.88 bits per heavy atom. The van der Waals surface area contributed by atoms with Crippen LogP contribution < -0.4 is 16.0 Å². The van der Waals surface area contributed by atoms with E-state index in [0.717, 1.165) is 64.6 Å². The first-order valence-corrected chi connectivity index (χ1v) is 13.3. The minimum atomic E-state index is -0.439. The number of hydrogen-bond donors (Lipinski definition) is 3. The van der Waals surface area contributed by atoms with Crippen molar-refractivity contribution >= 4 is 11.6 Å². The maximum Gasteiger partial charge on any atom is 0.163 e. The van der Waals surface area contributed by atoms with Gasteiger partial charge in [0.2, 0.25) is 0 Å². The molecule has 0 aliphatic rings. The molecule has 2 unspecified atom stereocenters. The van der Waals surface area contributed by atoms with E-state index in [1.54, 1.807) is 0 Å². The number of ketones is 2. The van der Waals surface area contributed by atoms with E-state index in [1.165, 1.54) is 0 Å². The molecule has 0 fully saturated rings. The molecule has 0 saturated heterocycles. The van der Waals surface area contributed by atoms with Gasteiger partial charge in [-0.2, -0.15) is 0 Å². The minimum absolute atomic E-state index is 0.197. The Morgan fingerprint density at radius 2 is 1.41 bits per heavy atom. The highest BCUT2D eigenvalue weighted by Gasteiger charge is 2.56. The zero-order valence-corrected chi connectivity index (χ0v) is 22.9. The van der Waals surface area contributed by atoms with Crippen molar-refractivity contribution in [1.82, 2.24) is 16.0 Å². The molecular formula is C27H55N3O2. The molecular weight excluding hydrogens is 398 g/mol. The van der Waals surface area contributed by atoms with Crippen LogP contribution in [0.1, 0.15) is 114 Å². The summed E-state index contributed by atoms with van der Waals surface area (Å²) in [4.78, 5) is 26.6. The lowest BCUT2D eigenvalue weighted by Gasteiger charge is -2.56. The number of unbranched alkanes of at least 4 members (excludes halogenated alkanes) is 1. The predicted octanol–water partition coefficient (Wildman–Crippen LogP) is 5.27. The van der Waals surface area contributed by atoms with Crippen LogP contribution in [0.4, 0.5) is 0 Å².